The fraction of sp³-hybridized carbons (Fsp3) is 0.579. The Kier molecular flexibility index (Phi) is 6.23. The molecule has 24 heavy (non-hydrogen) atoms. The van der Waals surface area contributed by atoms with Crippen molar-refractivity contribution < 1.29 is 9.53 Å². The van der Waals surface area contributed by atoms with Crippen LogP contribution in [-0.2, 0) is 9.53 Å². The van der Waals surface area contributed by atoms with Gasteiger partial charge in [-0.1, -0.05) is 43.7 Å². The molecule has 1 aromatic carbocycles. The maximum absolute atomic E-state index is 11.9. The molecular weight excluding hydrogens is 302 g/mol. The van der Waals surface area contributed by atoms with Crippen LogP contribution in [0.3, 0.4) is 0 Å². The molecule has 0 aromatic heterocycles. The van der Waals surface area contributed by atoms with Crippen molar-refractivity contribution in [2.45, 2.75) is 26.7 Å². The third-order valence-electron chi connectivity index (χ3n) is 4.84. The number of esters is 1. The van der Waals surface area contributed by atoms with Crippen molar-refractivity contribution in [1.82, 2.24) is 10.2 Å². The summed E-state index contributed by atoms with van der Waals surface area (Å²) in [6.07, 6.45) is 0. The van der Waals surface area contributed by atoms with Gasteiger partial charge >= 0.3 is 5.97 Å². The van der Waals surface area contributed by atoms with Gasteiger partial charge in [-0.25, -0.2) is 0 Å². The number of rotatable bonds is 4. The average Bonchev–Trinajstić information content (AvgIpc) is 2.96. The third-order valence-corrected chi connectivity index (χ3v) is 4.84. The maximum Gasteiger partial charge on any atom is 0.310 e. The fourth-order valence-electron chi connectivity index (χ4n) is 3.19. The SMILES string of the molecule is CN=C(NCC(C)c1ccc(C)cc1)N1CC(C)C(C(=O)OC)C1. The van der Waals surface area contributed by atoms with Gasteiger partial charge in [0.1, 0.15) is 0 Å². The molecule has 3 unspecified atom stereocenters. The summed E-state index contributed by atoms with van der Waals surface area (Å²) >= 11 is 0. The molecule has 1 aromatic rings. The maximum atomic E-state index is 11.9. The zero-order valence-corrected chi connectivity index (χ0v) is 15.4. The number of aliphatic imine (C=N–C) groups is 1. The summed E-state index contributed by atoms with van der Waals surface area (Å²) in [7, 11) is 3.24. The van der Waals surface area contributed by atoms with Gasteiger partial charge in [0, 0.05) is 26.7 Å². The van der Waals surface area contributed by atoms with E-state index >= 15 is 0 Å². The Labute approximate surface area is 145 Å². The highest BCUT2D eigenvalue weighted by Gasteiger charge is 2.36. The molecule has 1 aliphatic rings. The van der Waals surface area contributed by atoms with E-state index in [-0.39, 0.29) is 17.8 Å². The van der Waals surface area contributed by atoms with Crippen molar-refractivity contribution in [3.05, 3.63) is 35.4 Å². The average molecular weight is 331 g/mol. The van der Waals surface area contributed by atoms with Gasteiger partial charge in [-0.05, 0) is 24.3 Å². The zero-order valence-electron chi connectivity index (χ0n) is 15.4. The Bertz CT molecular complexity index is 583. The number of likely N-dealkylation sites (tertiary alicyclic amines) is 1. The molecule has 1 N–H and O–H groups in total. The molecule has 1 aliphatic heterocycles. The van der Waals surface area contributed by atoms with Crippen LogP contribution in [0.4, 0.5) is 0 Å². The highest BCUT2D eigenvalue weighted by molar-refractivity contribution is 5.82. The van der Waals surface area contributed by atoms with E-state index in [0.717, 1.165) is 19.0 Å². The van der Waals surface area contributed by atoms with Crippen LogP contribution in [0, 0.1) is 18.8 Å². The minimum atomic E-state index is -0.131. The van der Waals surface area contributed by atoms with Crippen LogP contribution in [0.5, 0.6) is 0 Å². The van der Waals surface area contributed by atoms with E-state index in [1.165, 1.54) is 18.2 Å². The Hall–Kier alpha value is -2.04. The van der Waals surface area contributed by atoms with Crippen LogP contribution in [0.25, 0.3) is 0 Å². The van der Waals surface area contributed by atoms with Gasteiger partial charge in [-0.3, -0.25) is 9.79 Å². The van der Waals surface area contributed by atoms with Crippen molar-refractivity contribution in [2.75, 3.05) is 33.8 Å². The Balaban J connectivity index is 1.93. The molecule has 3 atom stereocenters. The largest absolute Gasteiger partial charge is 0.469 e. The molecule has 0 radical (unpaired) electrons. The Morgan fingerprint density at radius 3 is 2.62 bits per heavy atom. The molecule has 5 nitrogen and oxygen atoms in total. The molecule has 0 saturated carbocycles. The van der Waals surface area contributed by atoms with Gasteiger partial charge in [0.25, 0.3) is 0 Å². The predicted octanol–water partition coefficient (Wildman–Crippen LogP) is 2.41. The zero-order chi connectivity index (χ0) is 17.7. The van der Waals surface area contributed by atoms with Crippen LogP contribution in [0.1, 0.15) is 30.9 Å². The second-order valence-electron chi connectivity index (χ2n) is 6.75. The van der Waals surface area contributed by atoms with Gasteiger partial charge in [0.05, 0.1) is 13.0 Å². The third kappa shape index (κ3) is 4.28. The Morgan fingerprint density at radius 1 is 1.38 bits per heavy atom. The number of methoxy groups -OCH3 is 1. The number of ether oxygens (including phenoxy) is 1. The molecule has 0 amide bonds. The molecule has 132 valence electrons. The van der Waals surface area contributed by atoms with E-state index in [4.69, 9.17) is 4.74 Å². The molecule has 1 saturated heterocycles. The number of benzene rings is 1. The summed E-state index contributed by atoms with van der Waals surface area (Å²) in [6.45, 7) is 8.67. The van der Waals surface area contributed by atoms with E-state index < -0.39 is 0 Å². The van der Waals surface area contributed by atoms with Crippen molar-refractivity contribution in [2.24, 2.45) is 16.8 Å². The first-order chi connectivity index (χ1) is 11.5. The molecule has 0 bridgehead atoms. The van der Waals surface area contributed by atoms with Gasteiger partial charge in [0.2, 0.25) is 0 Å². The quantitative estimate of drug-likeness (QED) is 0.523. The predicted molar refractivity (Wildman–Crippen MR) is 97.2 cm³/mol. The summed E-state index contributed by atoms with van der Waals surface area (Å²) in [5, 5.41) is 3.45. The minimum Gasteiger partial charge on any atom is -0.469 e. The van der Waals surface area contributed by atoms with Gasteiger partial charge in [0.15, 0.2) is 5.96 Å². The first-order valence-electron chi connectivity index (χ1n) is 8.56. The number of hydrogen-bond acceptors (Lipinski definition) is 3. The number of carbonyl (C=O) groups is 1. The summed E-state index contributed by atoms with van der Waals surface area (Å²) in [5.41, 5.74) is 2.58. The van der Waals surface area contributed by atoms with Gasteiger partial charge < -0.3 is 15.0 Å². The van der Waals surface area contributed by atoms with Crippen LogP contribution in [-0.4, -0.2) is 50.6 Å². The van der Waals surface area contributed by atoms with Crippen LogP contribution >= 0.6 is 0 Å². The van der Waals surface area contributed by atoms with Crippen LogP contribution in [0.15, 0.2) is 29.3 Å². The lowest BCUT2D eigenvalue weighted by Crippen LogP contribution is -2.42. The summed E-state index contributed by atoms with van der Waals surface area (Å²) in [4.78, 5) is 18.4. The van der Waals surface area contributed by atoms with Crippen LogP contribution < -0.4 is 5.32 Å². The molecule has 2 rings (SSSR count). The highest BCUT2D eigenvalue weighted by atomic mass is 16.5. The molecule has 1 heterocycles. The number of aryl methyl sites for hydroxylation is 1. The van der Waals surface area contributed by atoms with Crippen molar-refractivity contribution in [3.8, 4) is 0 Å². The first-order valence-corrected chi connectivity index (χ1v) is 8.56. The van der Waals surface area contributed by atoms with E-state index in [1.807, 2.05) is 0 Å². The van der Waals surface area contributed by atoms with Gasteiger partial charge in [-0.15, -0.1) is 0 Å². The summed E-state index contributed by atoms with van der Waals surface area (Å²) < 4.78 is 4.91. The Morgan fingerprint density at radius 2 is 2.04 bits per heavy atom. The van der Waals surface area contributed by atoms with Crippen molar-refractivity contribution >= 4 is 11.9 Å². The van der Waals surface area contributed by atoms with Gasteiger partial charge in [-0.2, -0.15) is 0 Å². The van der Waals surface area contributed by atoms with Crippen molar-refractivity contribution in [3.63, 3.8) is 0 Å². The second-order valence-corrected chi connectivity index (χ2v) is 6.75. The van der Waals surface area contributed by atoms with E-state index in [9.17, 15) is 4.79 Å². The molecular formula is C19H29N3O2. The topological polar surface area (TPSA) is 53.9 Å². The van der Waals surface area contributed by atoms with E-state index in [1.54, 1.807) is 7.05 Å². The lowest BCUT2D eigenvalue weighted by atomic mass is 9.99. The number of nitrogens with zero attached hydrogens (tertiary/aromatic N) is 2. The smallest absolute Gasteiger partial charge is 0.310 e. The normalized spacial score (nSPS) is 22.4. The summed E-state index contributed by atoms with van der Waals surface area (Å²) in [6, 6.07) is 8.64. The number of hydrogen-bond donors (Lipinski definition) is 1. The summed E-state index contributed by atoms with van der Waals surface area (Å²) in [5.74, 6) is 1.30. The molecule has 5 heteroatoms. The fourth-order valence-corrected chi connectivity index (χ4v) is 3.19. The minimum absolute atomic E-state index is 0.0805. The monoisotopic (exact) mass is 331 g/mol. The van der Waals surface area contributed by atoms with Crippen molar-refractivity contribution in [1.29, 1.82) is 0 Å². The molecule has 0 aliphatic carbocycles. The van der Waals surface area contributed by atoms with E-state index in [0.29, 0.717) is 12.5 Å². The van der Waals surface area contributed by atoms with E-state index in [2.05, 4.69) is 60.2 Å². The molecule has 0 spiro atoms. The first kappa shape index (κ1) is 18.3. The standard InChI is InChI=1S/C19H29N3O2/c1-13-6-8-16(9-7-13)14(2)10-21-19(20-4)22-11-15(3)17(12-22)18(23)24-5/h6-9,14-15,17H,10-12H2,1-5H3,(H,20,21). The lowest BCUT2D eigenvalue weighted by molar-refractivity contribution is -0.145. The molecule has 1 fully saturated rings. The number of nitrogens with one attached hydrogen (secondary N) is 1. The van der Waals surface area contributed by atoms with Crippen LogP contribution in [0.2, 0.25) is 0 Å². The second kappa shape index (κ2) is 8.18. The lowest BCUT2D eigenvalue weighted by Gasteiger charge is -2.23. The number of guanidine groups is 1. The number of carbonyl (C=O) groups excluding carboxylic acids is 1. The highest BCUT2D eigenvalue weighted by Crippen LogP contribution is 2.24.